The summed E-state index contributed by atoms with van der Waals surface area (Å²) in [6, 6.07) is 5.74. The molecule has 2 aliphatic rings. The maximum Gasteiger partial charge on any atom is 0.399 e. The van der Waals surface area contributed by atoms with Gasteiger partial charge in [0.25, 0.3) is 5.91 Å². The number of aromatic amines is 1. The molecule has 2 atom stereocenters. The van der Waals surface area contributed by atoms with E-state index in [0.29, 0.717) is 29.7 Å². The molecule has 1 fully saturated rings. The zero-order chi connectivity index (χ0) is 27.1. The molecule has 37 heavy (non-hydrogen) atoms. The number of rotatable bonds is 6. The predicted octanol–water partition coefficient (Wildman–Crippen LogP) is 5.51. The van der Waals surface area contributed by atoms with Crippen LogP contribution >= 0.6 is 12.2 Å². The number of halogens is 5. The summed E-state index contributed by atoms with van der Waals surface area (Å²) in [7, 11) is 0. The summed E-state index contributed by atoms with van der Waals surface area (Å²) >= 11 is 5.40. The van der Waals surface area contributed by atoms with Crippen molar-refractivity contribution in [3.63, 3.8) is 0 Å². The van der Waals surface area contributed by atoms with E-state index in [9.17, 15) is 22.4 Å². The molecule has 0 radical (unpaired) electrons. The van der Waals surface area contributed by atoms with Crippen molar-refractivity contribution in [2.75, 3.05) is 4.90 Å². The zero-order valence-corrected chi connectivity index (χ0v) is 20.6. The van der Waals surface area contributed by atoms with Crippen molar-refractivity contribution in [3.05, 3.63) is 71.5 Å². The van der Waals surface area contributed by atoms with Gasteiger partial charge in [-0.2, -0.15) is 18.4 Å². The summed E-state index contributed by atoms with van der Waals surface area (Å²) in [6.07, 6.45) is 1.81. The lowest BCUT2D eigenvalue weighted by atomic mass is 9.86. The number of hydrogen-bond acceptors (Lipinski definition) is 4. The number of anilines is 1. The van der Waals surface area contributed by atoms with E-state index in [4.69, 9.17) is 17.5 Å². The molecular formula is C25H22F5N5OS. The summed E-state index contributed by atoms with van der Waals surface area (Å²) < 4.78 is 70.9. The molecule has 0 spiro atoms. The predicted molar refractivity (Wildman–Crippen MR) is 129 cm³/mol. The van der Waals surface area contributed by atoms with Gasteiger partial charge >= 0.3 is 6.18 Å². The molecule has 1 N–H and O–H groups in total. The van der Waals surface area contributed by atoms with Crippen molar-refractivity contribution in [2.45, 2.75) is 44.8 Å². The number of carbonyl (C=O) groups is 1. The average Bonchev–Trinajstić information content (AvgIpc) is 3.39. The SMILES string of the molecule is CC1(C)C(=O)N(C2=C(F)C(C(F)(F)F)C(C#N)C=C2)C(=S)N1c1ccc(CCCc2ncc[nH]2)c(F)c1. The molecule has 1 aliphatic carbocycles. The summed E-state index contributed by atoms with van der Waals surface area (Å²) in [5.41, 5.74) is -1.51. The van der Waals surface area contributed by atoms with Crippen LogP contribution in [0.3, 0.4) is 0 Å². The van der Waals surface area contributed by atoms with Crippen LogP contribution in [0.25, 0.3) is 0 Å². The number of amides is 1. The van der Waals surface area contributed by atoms with E-state index in [1.54, 1.807) is 24.5 Å². The highest BCUT2D eigenvalue weighted by Crippen LogP contribution is 2.45. The Hall–Kier alpha value is -3.59. The first kappa shape index (κ1) is 26.5. The van der Waals surface area contributed by atoms with Crippen LogP contribution in [0.2, 0.25) is 0 Å². The minimum Gasteiger partial charge on any atom is -0.349 e. The number of nitriles is 1. The number of benzene rings is 1. The van der Waals surface area contributed by atoms with E-state index >= 15 is 4.39 Å². The molecule has 194 valence electrons. The highest BCUT2D eigenvalue weighted by Gasteiger charge is 2.55. The fraction of sp³-hybridized carbons (Fsp3) is 0.360. The second-order valence-corrected chi connectivity index (χ2v) is 9.61. The Morgan fingerprint density at radius 3 is 2.57 bits per heavy atom. The van der Waals surface area contributed by atoms with Crippen molar-refractivity contribution in [3.8, 4) is 6.07 Å². The summed E-state index contributed by atoms with van der Waals surface area (Å²) in [4.78, 5) is 22.4. The first-order valence-corrected chi connectivity index (χ1v) is 11.8. The van der Waals surface area contributed by atoms with Crippen molar-refractivity contribution in [2.24, 2.45) is 11.8 Å². The quantitative estimate of drug-likeness (QED) is 0.390. The lowest BCUT2D eigenvalue weighted by Crippen LogP contribution is -2.44. The van der Waals surface area contributed by atoms with Crippen LogP contribution in [0, 0.1) is 29.0 Å². The molecule has 1 aliphatic heterocycles. The summed E-state index contributed by atoms with van der Waals surface area (Å²) in [5, 5.41) is 8.78. The normalized spacial score (nSPS) is 21.7. The zero-order valence-electron chi connectivity index (χ0n) is 19.8. The Morgan fingerprint density at radius 2 is 1.97 bits per heavy atom. The topological polar surface area (TPSA) is 76.0 Å². The third-order valence-corrected chi connectivity index (χ3v) is 6.82. The van der Waals surface area contributed by atoms with E-state index in [-0.39, 0.29) is 10.8 Å². The number of nitrogens with one attached hydrogen (secondary N) is 1. The molecule has 1 aromatic carbocycles. The van der Waals surface area contributed by atoms with Crippen LogP contribution < -0.4 is 4.90 Å². The molecule has 2 unspecified atom stereocenters. The number of imidazole rings is 1. The number of thiocarbonyl (C=S) groups is 1. The largest absolute Gasteiger partial charge is 0.399 e. The van der Waals surface area contributed by atoms with Gasteiger partial charge in [-0.3, -0.25) is 9.69 Å². The van der Waals surface area contributed by atoms with Crippen LogP contribution in [0.4, 0.5) is 27.6 Å². The van der Waals surface area contributed by atoms with Crippen LogP contribution in [-0.2, 0) is 17.6 Å². The van der Waals surface area contributed by atoms with E-state index in [1.165, 1.54) is 30.9 Å². The fourth-order valence-electron chi connectivity index (χ4n) is 4.55. The number of aromatic nitrogens is 2. The lowest BCUT2D eigenvalue weighted by Gasteiger charge is -2.30. The van der Waals surface area contributed by atoms with E-state index < -0.39 is 46.8 Å². The van der Waals surface area contributed by atoms with Crippen LogP contribution in [-0.4, -0.2) is 37.6 Å². The minimum absolute atomic E-state index is 0.196. The van der Waals surface area contributed by atoms with Gasteiger partial charge in [0, 0.05) is 24.5 Å². The second-order valence-electron chi connectivity index (χ2n) is 9.25. The maximum absolute atomic E-state index is 15.2. The average molecular weight is 536 g/mol. The minimum atomic E-state index is -5.06. The number of alkyl halides is 3. The number of allylic oxidation sites excluding steroid dienone is 3. The number of carbonyl (C=O) groups excluding carboxylic acids is 1. The molecule has 2 heterocycles. The Balaban J connectivity index is 1.62. The molecule has 2 aromatic rings. The first-order valence-electron chi connectivity index (χ1n) is 11.4. The smallest absolute Gasteiger partial charge is 0.349 e. The van der Waals surface area contributed by atoms with Gasteiger partial charge < -0.3 is 9.88 Å². The number of aryl methyl sites for hydroxylation is 2. The molecule has 0 bridgehead atoms. The first-order chi connectivity index (χ1) is 17.4. The molecular weight excluding hydrogens is 513 g/mol. The van der Waals surface area contributed by atoms with Gasteiger partial charge in [-0.25, -0.2) is 13.8 Å². The number of hydrogen-bond donors (Lipinski definition) is 1. The standard InChI is InChI=1S/C25H22F5N5OS/c1-24(2)22(36)34(18-9-7-15(13-31)20(21(18)27)25(28,29)30)23(37)35(24)16-8-6-14(17(26)12-16)4-3-5-19-32-10-11-33-19/h6-12,15,20H,3-5H2,1-2H3,(H,32,33). The van der Waals surface area contributed by atoms with E-state index in [1.807, 2.05) is 0 Å². The molecule has 1 saturated heterocycles. The van der Waals surface area contributed by atoms with Crippen LogP contribution in [0.1, 0.15) is 31.7 Å². The maximum atomic E-state index is 15.2. The third kappa shape index (κ3) is 4.75. The third-order valence-electron chi connectivity index (χ3n) is 6.46. The summed E-state index contributed by atoms with van der Waals surface area (Å²) in [6.45, 7) is 2.92. The molecule has 12 heteroatoms. The molecule has 6 nitrogen and oxygen atoms in total. The van der Waals surface area contributed by atoms with E-state index in [2.05, 4.69) is 9.97 Å². The van der Waals surface area contributed by atoms with Gasteiger partial charge in [0.15, 0.2) is 5.11 Å². The summed E-state index contributed by atoms with van der Waals surface area (Å²) in [5.74, 6) is -6.73. The second kappa shape index (κ2) is 9.70. The van der Waals surface area contributed by atoms with E-state index in [0.717, 1.165) is 18.0 Å². The molecule has 1 amide bonds. The fourth-order valence-corrected chi connectivity index (χ4v) is 5.06. The Morgan fingerprint density at radius 1 is 1.24 bits per heavy atom. The van der Waals surface area contributed by atoms with Crippen molar-refractivity contribution in [1.82, 2.24) is 14.9 Å². The highest BCUT2D eigenvalue weighted by molar-refractivity contribution is 7.80. The number of H-pyrrole nitrogens is 1. The lowest BCUT2D eigenvalue weighted by molar-refractivity contribution is -0.174. The Labute approximate surface area is 215 Å². The van der Waals surface area contributed by atoms with Crippen molar-refractivity contribution < 1.29 is 26.7 Å². The van der Waals surface area contributed by atoms with Gasteiger partial charge in [-0.1, -0.05) is 12.1 Å². The van der Waals surface area contributed by atoms with Crippen molar-refractivity contribution in [1.29, 1.82) is 5.26 Å². The molecule has 1 aromatic heterocycles. The van der Waals surface area contributed by atoms with Gasteiger partial charge in [0.05, 0.1) is 17.7 Å². The Kier molecular flexibility index (Phi) is 6.94. The Bertz CT molecular complexity index is 1330. The van der Waals surface area contributed by atoms with Crippen LogP contribution in [0.15, 0.2) is 54.3 Å². The highest BCUT2D eigenvalue weighted by atomic mass is 32.1. The monoisotopic (exact) mass is 535 g/mol. The van der Waals surface area contributed by atoms with Crippen molar-refractivity contribution >= 4 is 28.9 Å². The van der Waals surface area contributed by atoms with Gasteiger partial charge in [0.2, 0.25) is 0 Å². The molecule has 0 saturated carbocycles. The number of nitrogens with zero attached hydrogens (tertiary/aromatic N) is 4. The van der Waals surface area contributed by atoms with Gasteiger partial charge in [-0.05, 0) is 62.7 Å². The van der Waals surface area contributed by atoms with Gasteiger partial charge in [-0.15, -0.1) is 0 Å². The van der Waals surface area contributed by atoms with Gasteiger partial charge in [0.1, 0.15) is 28.9 Å². The molecule has 4 rings (SSSR count). The van der Waals surface area contributed by atoms with Crippen LogP contribution in [0.5, 0.6) is 0 Å².